The molecule has 0 bridgehead atoms. The Morgan fingerprint density at radius 2 is 2.00 bits per heavy atom. The van der Waals surface area contributed by atoms with Crippen LogP contribution in [-0.4, -0.2) is 53.1 Å². The summed E-state index contributed by atoms with van der Waals surface area (Å²) in [6, 6.07) is 0. The zero-order chi connectivity index (χ0) is 10.9. The number of hydrogen-bond acceptors (Lipinski definition) is 4. The Balaban J connectivity index is 2.53. The zero-order valence-corrected chi connectivity index (χ0v) is 9.15. The summed E-state index contributed by atoms with van der Waals surface area (Å²) in [5.74, 6) is 0. The molecule has 0 saturated carbocycles. The lowest BCUT2D eigenvalue weighted by Crippen LogP contribution is -2.42. The van der Waals surface area contributed by atoms with Crippen LogP contribution in [0, 0.1) is 0 Å². The fraction of sp³-hybridized carbons (Fsp3) is 0.889. The van der Waals surface area contributed by atoms with Crippen LogP contribution in [0.15, 0.2) is 0 Å². The van der Waals surface area contributed by atoms with Gasteiger partial charge in [-0.05, 0) is 20.8 Å². The Morgan fingerprint density at radius 1 is 1.43 bits per heavy atom. The minimum absolute atomic E-state index is 0.311. The molecule has 0 aromatic rings. The van der Waals surface area contributed by atoms with Crippen LogP contribution >= 0.6 is 0 Å². The number of aliphatic hydroxyl groups excluding tert-OH is 1. The minimum Gasteiger partial charge on any atom is -0.443 e. The second-order valence-corrected chi connectivity index (χ2v) is 4.56. The summed E-state index contributed by atoms with van der Waals surface area (Å²) in [6.45, 7) is 6.23. The summed E-state index contributed by atoms with van der Waals surface area (Å²) in [4.78, 5) is 11.6. The predicted octanol–water partition coefficient (Wildman–Crippen LogP) is 0.445. The average molecular weight is 202 g/mol. The standard InChI is InChI=1S/C9H18N2O3/c1-9(2,3)14-8(13)11-6-7(12)5-10(11)4/h7,12H,5-6H2,1-4H3. The van der Waals surface area contributed by atoms with Crippen molar-refractivity contribution in [3.05, 3.63) is 0 Å². The van der Waals surface area contributed by atoms with Gasteiger partial charge in [0, 0.05) is 13.6 Å². The Bertz CT molecular complexity index is 225. The smallest absolute Gasteiger partial charge is 0.425 e. The van der Waals surface area contributed by atoms with E-state index in [0.717, 1.165) is 0 Å². The molecule has 5 heteroatoms. The van der Waals surface area contributed by atoms with E-state index in [4.69, 9.17) is 4.74 Å². The van der Waals surface area contributed by atoms with Gasteiger partial charge in [-0.3, -0.25) is 0 Å². The highest BCUT2D eigenvalue weighted by Gasteiger charge is 2.32. The van der Waals surface area contributed by atoms with Crippen LogP contribution in [0.2, 0.25) is 0 Å². The number of amides is 1. The van der Waals surface area contributed by atoms with Gasteiger partial charge >= 0.3 is 6.09 Å². The van der Waals surface area contributed by atoms with E-state index in [0.29, 0.717) is 13.1 Å². The first-order chi connectivity index (χ1) is 6.29. The average Bonchev–Trinajstić information content (AvgIpc) is 2.26. The van der Waals surface area contributed by atoms with E-state index in [9.17, 15) is 9.90 Å². The number of hydrazine groups is 1. The Morgan fingerprint density at radius 3 is 2.36 bits per heavy atom. The summed E-state index contributed by atoms with van der Waals surface area (Å²) in [7, 11) is 1.75. The SMILES string of the molecule is CN1CC(O)CN1C(=O)OC(C)(C)C. The molecule has 0 aliphatic carbocycles. The molecule has 1 saturated heterocycles. The molecule has 1 N–H and O–H groups in total. The molecule has 1 atom stereocenters. The number of rotatable bonds is 0. The highest BCUT2D eigenvalue weighted by atomic mass is 16.6. The first-order valence-electron chi connectivity index (χ1n) is 4.69. The third-order valence-electron chi connectivity index (χ3n) is 1.88. The molecule has 1 rings (SSSR count). The van der Waals surface area contributed by atoms with Crippen LogP contribution in [0.5, 0.6) is 0 Å². The molecule has 1 unspecified atom stereocenters. The topological polar surface area (TPSA) is 53.0 Å². The van der Waals surface area contributed by atoms with Gasteiger partial charge in [0.15, 0.2) is 0 Å². The normalized spacial score (nSPS) is 24.1. The van der Waals surface area contributed by atoms with Crippen molar-refractivity contribution in [3.8, 4) is 0 Å². The number of hydrogen-bond donors (Lipinski definition) is 1. The third-order valence-corrected chi connectivity index (χ3v) is 1.88. The summed E-state index contributed by atoms with van der Waals surface area (Å²) >= 11 is 0. The fourth-order valence-corrected chi connectivity index (χ4v) is 1.33. The number of carbonyl (C=O) groups is 1. The third kappa shape index (κ3) is 2.85. The molecule has 0 aromatic carbocycles. The zero-order valence-electron chi connectivity index (χ0n) is 9.15. The molecule has 1 fully saturated rings. The van der Waals surface area contributed by atoms with Crippen LogP contribution in [0.25, 0.3) is 0 Å². The van der Waals surface area contributed by atoms with Gasteiger partial charge < -0.3 is 9.84 Å². The molecular formula is C9H18N2O3. The van der Waals surface area contributed by atoms with E-state index in [2.05, 4.69) is 0 Å². The van der Waals surface area contributed by atoms with E-state index >= 15 is 0 Å². The van der Waals surface area contributed by atoms with Crippen molar-refractivity contribution in [2.45, 2.75) is 32.5 Å². The van der Waals surface area contributed by atoms with Gasteiger partial charge in [-0.15, -0.1) is 0 Å². The lowest BCUT2D eigenvalue weighted by Gasteiger charge is -2.27. The minimum atomic E-state index is -0.495. The molecule has 1 aliphatic rings. The van der Waals surface area contributed by atoms with Gasteiger partial charge in [0.05, 0.1) is 12.6 Å². The van der Waals surface area contributed by atoms with Crippen molar-refractivity contribution in [1.82, 2.24) is 10.0 Å². The Kier molecular flexibility index (Phi) is 3.01. The van der Waals surface area contributed by atoms with Gasteiger partial charge in [-0.2, -0.15) is 0 Å². The lowest BCUT2D eigenvalue weighted by molar-refractivity contribution is -0.0165. The van der Waals surface area contributed by atoms with Gasteiger partial charge in [-0.25, -0.2) is 14.8 Å². The maximum Gasteiger partial charge on any atom is 0.425 e. The lowest BCUT2D eigenvalue weighted by atomic mass is 10.2. The predicted molar refractivity (Wildman–Crippen MR) is 51.6 cm³/mol. The largest absolute Gasteiger partial charge is 0.443 e. The van der Waals surface area contributed by atoms with Crippen molar-refractivity contribution >= 4 is 6.09 Å². The highest BCUT2D eigenvalue weighted by molar-refractivity contribution is 5.67. The Hall–Kier alpha value is -0.810. The molecule has 5 nitrogen and oxygen atoms in total. The van der Waals surface area contributed by atoms with Crippen molar-refractivity contribution in [1.29, 1.82) is 0 Å². The molecule has 1 heterocycles. The molecule has 1 amide bonds. The first kappa shape index (κ1) is 11.3. The van der Waals surface area contributed by atoms with E-state index in [1.807, 2.05) is 20.8 Å². The number of carbonyl (C=O) groups excluding carboxylic acids is 1. The monoisotopic (exact) mass is 202 g/mol. The molecule has 1 aliphatic heterocycles. The number of nitrogens with zero attached hydrogens (tertiary/aromatic N) is 2. The van der Waals surface area contributed by atoms with E-state index in [-0.39, 0.29) is 0 Å². The molecule has 0 radical (unpaired) electrons. The summed E-state index contributed by atoms with van der Waals surface area (Å²) < 4.78 is 5.17. The molecular weight excluding hydrogens is 184 g/mol. The number of aliphatic hydroxyl groups is 1. The summed E-state index contributed by atoms with van der Waals surface area (Å²) in [6.07, 6.45) is -0.885. The van der Waals surface area contributed by atoms with Crippen molar-refractivity contribution in [2.75, 3.05) is 20.1 Å². The summed E-state index contributed by atoms with van der Waals surface area (Å²) in [5, 5.41) is 12.4. The second-order valence-electron chi connectivity index (χ2n) is 4.56. The molecule has 14 heavy (non-hydrogen) atoms. The van der Waals surface area contributed by atoms with E-state index in [1.165, 1.54) is 5.01 Å². The second kappa shape index (κ2) is 3.74. The van der Waals surface area contributed by atoms with Crippen LogP contribution in [0.4, 0.5) is 4.79 Å². The van der Waals surface area contributed by atoms with Crippen LogP contribution in [-0.2, 0) is 4.74 Å². The molecule has 82 valence electrons. The van der Waals surface area contributed by atoms with Crippen molar-refractivity contribution in [2.24, 2.45) is 0 Å². The van der Waals surface area contributed by atoms with E-state index in [1.54, 1.807) is 12.1 Å². The van der Waals surface area contributed by atoms with Crippen molar-refractivity contribution < 1.29 is 14.6 Å². The van der Waals surface area contributed by atoms with E-state index < -0.39 is 17.8 Å². The van der Waals surface area contributed by atoms with Gasteiger partial charge in [0.1, 0.15) is 5.60 Å². The first-order valence-corrected chi connectivity index (χ1v) is 4.69. The summed E-state index contributed by atoms with van der Waals surface area (Å²) in [5.41, 5.74) is -0.495. The molecule has 0 aromatic heterocycles. The number of ether oxygens (including phenoxy) is 1. The quantitative estimate of drug-likeness (QED) is 0.619. The van der Waals surface area contributed by atoms with Crippen molar-refractivity contribution in [3.63, 3.8) is 0 Å². The van der Waals surface area contributed by atoms with Crippen LogP contribution < -0.4 is 0 Å². The van der Waals surface area contributed by atoms with Crippen LogP contribution in [0.3, 0.4) is 0 Å². The van der Waals surface area contributed by atoms with Gasteiger partial charge in [-0.1, -0.05) is 0 Å². The molecule has 0 spiro atoms. The highest BCUT2D eigenvalue weighted by Crippen LogP contribution is 2.14. The fourth-order valence-electron chi connectivity index (χ4n) is 1.33. The maximum absolute atomic E-state index is 11.6. The number of β-amino-alcohol motifs (C(OH)–C–C–N with tert-alkyl or cyclic N) is 1. The Labute approximate surface area is 84.2 Å². The number of likely N-dealkylation sites (N-methyl/N-ethyl adjacent to an activating group) is 1. The van der Waals surface area contributed by atoms with Gasteiger partial charge in [0.2, 0.25) is 0 Å². The van der Waals surface area contributed by atoms with Crippen LogP contribution in [0.1, 0.15) is 20.8 Å². The van der Waals surface area contributed by atoms with Gasteiger partial charge in [0.25, 0.3) is 0 Å². The maximum atomic E-state index is 11.6.